The maximum absolute atomic E-state index is 13.8. The molecule has 0 aliphatic carbocycles. The topological polar surface area (TPSA) is 155 Å². The first-order chi connectivity index (χ1) is 19.3. The number of anilines is 1. The van der Waals surface area contributed by atoms with Crippen LogP contribution in [0, 0.1) is 0 Å². The number of primary amides is 1. The second kappa shape index (κ2) is 13.4. The summed E-state index contributed by atoms with van der Waals surface area (Å²) in [5.74, 6) is -1.90. The van der Waals surface area contributed by atoms with Crippen molar-refractivity contribution in [1.29, 1.82) is 0 Å². The van der Waals surface area contributed by atoms with Crippen LogP contribution in [0.1, 0.15) is 28.4 Å². The molecule has 1 saturated heterocycles. The summed E-state index contributed by atoms with van der Waals surface area (Å²) < 4.78 is 35.5. The molecule has 1 aliphatic heterocycles. The van der Waals surface area contributed by atoms with Crippen LogP contribution in [0.4, 0.5) is 10.1 Å². The van der Waals surface area contributed by atoms with Gasteiger partial charge in [0.05, 0.1) is 50.8 Å². The number of halogens is 2. The lowest BCUT2D eigenvalue weighted by atomic mass is 9.86. The van der Waals surface area contributed by atoms with Gasteiger partial charge < -0.3 is 35.0 Å². The van der Waals surface area contributed by atoms with Crippen LogP contribution in [-0.4, -0.2) is 68.1 Å². The fourth-order valence-corrected chi connectivity index (χ4v) is 4.58. The molecule has 2 amide bonds. The first kappa shape index (κ1) is 29.0. The number of carbonyl (C=O) groups excluding carboxylic acids is 2. The molecule has 1 aliphatic rings. The van der Waals surface area contributed by atoms with E-state index in [0.717, 1.165) is 0 Å². The zero-order chi connectivity index (χ0) is 28.6. The molecule has 0 radical (unpaired) electrons. The van der Waals surface area contributed by atoms with Gasteiger partial charge in [-0.1, -0.05) is 11.6 Å². The molecule has 40 heavy (non-hydrogen) atoms. The minimum absolute atomic E-state index is 0.0237. The molecule has 3 aromatic rings. The Morgan fingerprint density at radius 3 is 2.75 bits per heavy atom. The van der Waals surface area contributed by atoms with Crippen LogP contribution in [0.2, 0.25) is 5.02 Å². The van der Waals surface area contributed by atoms with Gasteiger partial charge in [-0.2, -0.15) is 0 Å². The number of alkyl halides is 1. The third-order valence-corrected chi connectivity index (χ3v) is 6.43. The number of nitrogens with one attached hydrogen (secondary N) is 2. The van der Waals surface area contributed by atoms with Crippen molar-refractivity contribution >= 4 is 29.1 Å². The van der Waals surface area contributed by atoms with Crippen molar-refractivity contribution in [3.8, 4) is 22.6 Å². The van der Waals surface area contributed by atoms with E-state index in [1.54, 1.807) is 18.2 Å². The van der Waals surface area contributed by atoms with Crippen molar-refractivity contribution in [2.75, 3.05) is 45.5 Å². The summed E-state index contributed by atoms with van der Waals surface area (Å²) in [4.78, 5) is 45.3. The summed E-state index contributed by atoms with van der Waals surface area (Å²) in [6, 6.07) is 7.51. The van der Waals surface area contributed by atoms with E-state index in [2.05, 4.69) is 15.3 Å². The molecule has 2 unspecified atom stereocenters. The lowest BCUT2D eigenvalue weighted by Gasteiger charge is -2.28. The van der Waals surface area contributed by atoms with E-state index in [9.17, 15) is 18.8 Å². The molecule has 0 spiro atoms. The van der Waals surface area contributed by atoms with E-state index in [1.807, 2.05) is 0 Å². The Labute approximate surface area is 233 Å². The Kier molecular flexibility index (Phi) is 9.70. The zero-order valence-corrected chi connectivity index (χ0v) is 22.3. The van der Waals surface area contributed by atoms with Gasteiger partial charge in [-0.3, -0.25) is 14.4 Å². The molecule has 3 heterocycles. The molecule has 11 nitrogen and oxygen atoms in total. The second-order valence-corrected chi connectivity index (χ2v) is 9.23. The van der Waals surface area contributed by atoms with Crippen molar-refractivity contribution in [2.45, 2.75) is 18.4 Å². The minimum Gasteiger partial charge on any atom is -0.495 e. The van der Waals surface area contributed by atoms with Gasteiger partial charge >= 0.3 is 0 Å². The highest BCUT2D eigenvalue weighted by atomic mass is 35.5. The molecule has 0 bridgehead atoms. The lowest BCUT2D eigenvalue weighted by Crippen LogP contribution is -2.35. The predicted molar refractivity (Wildman–Crippen MR) is 145 cm³/mol. The number of amides is 2. The minimum atomic E-state index is -1.09. The van der Waals surface area contributed by atoms with Gasteiger partial charge in [-0.15, -0.1) is 0 Å². The molecule has 1 aromatic carbocycles. The van der Waals surface area contributed by atoms with Crippen LogP contribution in [0.3, 0.4) is 0 Å². The number of rotatable bonds is 11. The number of hydrogen-bond acceptors (Lipinski definition) is 8. The smallest absolute Gasteiger partial charge is 0.267 e. The molecule has 4 rings (SSSR count). The van der Waals surface area contributed by atoms with Gasteiger partial charge in [0.2, 0.25) is 5.91 Å². The van der Waals surface area contributed by atoms with Crippen molar-refractivity contribution in [1.82, 2.24) is 9.97 Å². The number of ether oxygens (including phenoxy) is 4. The van der Waals surface area contributed by atoms with E-state index >= 15 is 0 Å². The van der Waals surface area contributed by atoms with E-state index < -0.39 is 36.1 Å². The Bertz CT molecular complexity index is 1410. The number of benzene rings is 1. The van der Waals surface area contributed by atoms with E-state index in [-0.39, 0.29) is 53.6 Å². The van der Waals surface area contributed by atoms with Gasteiger partial charge in [0.15, 0.2) is 0 Å². The van der Waals surface area contributed by atoms with Gasteiger partial charge in [0.25, 0.3) is 11.5 Å². The third-order valence-electron chi connectivity index (χ3n) is 6.19. The van der Waals surface area contributed by atoms with E-state index in [0.29, 0.717) is 23.8 Å². The fraction of sp³-hybridized carbons (Fsp3) is 0.333. The molecule has 212 valence electrons. The quantitative estimate of drug-likeness (QED) is 0.315. The maximum atomic E-state index is 13.8. The van der Waals surface area contributed by atoms with Gasteiger partial charge in [-0.05, 0) is 36.8 Å². The predicted octanol–water partition coefficient (Wildman–Crippen LogP) is 3.07. The average Bonchev–Trinajstić information content (AvgIpc) is 2.96. The molecular formula is C27H28ClFN4O7. The highest BCUT2D eigenvalue weighted by Crippen LogP contribution is 2.42. The van der Waals surface area contributed by atoms with Crippen LogP contribution in [0.25, 0.3) is 11.1 Å². The Morgan fingerprint density at radius 1 is 1.27 bits per heavy atom. The number of pyridine rings is 2. The molecule has 2 atom stereocenters. The number of aromatic amines is 1. The highest BCUT2D eigenvalue weighted by molar-refractivity contribution is 6.31. The molecular weight excluding hydrogens is 547 g/mol. The molecule has 13 heteroatoms. The van der Waals surface area contributed by atoms with Crippen molar-refractivity contribution in [3.05, 3.63) is 69.4 Å². The summed E-state index contributed by atoms with van der Waals surface area (Å²) in [6.07, 6.45) is 2.22. The monoisotopic (exact) mass is 574 g/mol. The normalized spacial score (nSPS) is 15.7. The summed E-state index contributed by atoms with van der Waals surface area (Å²) in [5.41, 5.74) is 5.64. The van der Waals surface area contributed by atoms with Gasteiger partial charge in [-0.25, -0.2) is 9.37 Å². The van der Waals surface area contributed by atoms with Crippen LogP contribution >= 0.6 is 11.6 Å². The first-order valence-electron chi connectivity index (χ1n) is 12.4. The summed E-state index contributed by atoms with van der Waals surface area (Å²) in [6.45, 7) is -0.0186. The number of methoxy groups -OCH3 is 1. The van der Waals surface area contributed by atoms with Crippen LogP contribution in [-0.2, 0) is 14.3 Å². The molecule has 2 aromatic heterocycles. The van der Waals surface area contributed by atoms with Gasteiger partial charge in [0.1, 0.15) is 30.5 Å². The van der Waals surface area contributed by atoms with Crippen LogP contribution in [0.15, 0.2) is 47.5 Å². The average molecular weight is 575 g/mol. The van der Waals surface area contributed by atoms with Crippen molar-refractivity contribution in [2.24, 2.45) is 5.73 Å². The van der Waals surface area contributed by atoms with E-state index in [1.165, 1.54) is 31.6 Å². The third kappa shape index (κ3) is 6.76. The van der Waals surface area contributed by atoms with Crippen LogP contribution < -0.4 is 26.1 Å². The summed E-state index contributed by atoms with van der Waals surface area (Å²) in [7, 11) is 1.41. The lowest BCUT2D eigenvalue weighted by molar-refractivity contribution is -0.121. The van der Waals surface area contributed by atoms with Gasteiger partial charge in [0, 0.05) is 27.9 Å². The number of hydrogen-bond donors (Lipinski definition) is 3. The van der Waals surface area contributed by atoms with Crippen LogP contribution in [0.5, 0.6) is 11.5 Å². The van der Waals surface area contributed by atoms with Crippen molar-refractivity contribution < 1.29 is 32.9 Å². The largest absolute Gasteiger partial charge is 0.495 e. The highest BCUT2D eigenvalue weighted by Gasteiger charge is 2.33. The number of nitrogens with zero attached hydrogens (tertiary/aromatic N) is 1. The molecule has 0 saturated carbocycles. The zero-order valence-electron chi connectivity index (χ0n) is 21.6. The van der Waals surface area contributed by atoms with Crippen molar-refractivity contribution in [3.63, 3.8) is 0 Å². The summed E-state index contributed by atoms with van der Waals surface area (Å²) >= 11 is 6.32. The number of carbonyl (C=O) groups is 2. The van der Waals surface area contributed by atoms with E-state index in [4.69, 9.17) is 36.3 Å². The maximum Gasteiger partial charge on any atom is 0.267 e. The standard InChI is InChI=1S/C27H28ClFN4O7/c1-37-22-13-32-27(36)24(23(22)18-10-15(28)2-5-21(18)40-7-6-29)19(11-17-14-38-8-9-39-17)26(35)33-16-3-4-20(25(30)34)31-12-16/h2-5,10,12-13,17,19H,6-9,11,14H2,1H3,(H2,30,34)(H,32,36)(H,33,35). The number of H-pyrrole nitrogens is 1. The number of nitrogens with two attached hydrogens (primary N) is 1. The first-order valence-corrected chi connectivity index (χ1v) is 12.7. The number of aromatic nitrogens is 2. The fourth-order valence-electron chi connectivity index (χ4n) is 4.41. The SMILES string of the molecule is COc1c[nH]c(=O)c(C(CC2COCCO2)C(=O)Nc2ccc(C(N)=O)nc2)c1-c1cc(Cl)ccc1OCCF. The Balaban J connectivity index is 1.85. The summed E-state index contributed by atoms with van der Waals surface area (Å²) in [5, 5.41) is 3.07. The molecule has 4 N–H and O–H groups in total. The Morgan fingerprint density at radius 2 is 2.10 bits per heavy atom. The second-order valence-electron chi connectivity index (χ2n) is 8.79. The molecule has 1 fully saturated rings. The Hall–Kier alpha value is -4.00.